The second kappa shape index (κ2) is 8.11. The molecule has 0 aliphatic heterocycles. The second-order valence-corrected chi connectivity index (χ2v) is 3.77. The number of methoxy groups -OCH3 is 1. The van der Waals surface area contributed by atoms with Gasteiger partial charge in [0, 0.05) is 11.3 Å². The largest absolute Gasteiger partial charge is 0.466 e. The van der Waals surface area contributed by atoms with Crippen molar-refractivity contribution in [2.75, 3.05) is 7.11 Å². The summed E-state index contributed by atoms with van der Waals surface area (Å²) < 4.78 is 4.55. The fourth-order valence-corrected chi connectivity index (χ4v) is 1.30. The minimum Gasteiger partial charge on any atom is -0.466 e. The molecule has 0 unspecified atom stereocenters. The molecule has 0 saturated carbocycles. The van der Waals surface area contributed by atoms with E-state index >= 15 is 0 Å². The molecule has 0 aliphatic carbocycles. The van der Waals surface area contributed by atoms with E-state index in [1.165, 1.54) is 13.2 Å². The number of hydrogen-bond acceptors (Lipinski definition) is 3. The zero-order valence-electron chi connectivity index (χ0n) is 10.2. The number of allylic oxidation sites excluding steroid dienone is 3. The molecule has 0 bridgehead atoms. The van der Waals surface area contributed by atoms with Crippen LogP contribution >= 0.6 is 11.6 Å². The van der Waals surface area contributed by atoms with Crippen molar-refractivity contribution in [2.24, 2.45) is 4.99 Å². The first-order valence-electron chi connectivity index (χ1n) is 5.18. The number of rotatable bonds is 5. The SMILES string of the molecule is CCC/C=C(C)/N=C(Cl)/C=C(\C)C(=O)OC. The van der Waals surface area contributed by atoms with Crippen LogP contribution in [0.25, 0.3) is 0 Å². The molecular weight excluding hydrogens is 226 g/mol. The standard InChI is InChI=1S/C12H18ClNO2/c1-5-6-7-10(3)14-11(13)8-9(2)12(15)16-4/h7-8H,5-6H2,1-4H3/b9-8+,10-7+,14-11-. The minimum absolute atomic E-state index is 0.285. The number of carbonyl (C=O) groups is 1. The molecule has 90 valence electrons. The molecule has 0 aromatic rings. The summed E-state index contributed by atoms with van der Waals surface area (Å²) in [7, 11) is 1.33. The normalized spacial score (nSPS) is 13.9. The van der Waals surface area contributed by atoms with Gasteiger partial charge in [0.25, 0.3) is 0 Å². The van der Waals surface area contributed by atoms with Crippen molar-refractivity contribution in [3.05, 3.63) is 23.4 Å². The molecule has 0 atom stereocenters. The zero-order valence-corrected chi connectivity index (χ0v) is 11.0. The lowest BCUT2D eigenvalue weighted by Gasteiger charge is -1.98. The van der Waals surface area contributed by atoms with Gasteiger partial charge >= 0.3 is 5.97 Å². The molecule has 3 nitrogen and oxygen atoms in total. The van der Waals surface area contributed by atoms with Crippen LogP contribution in [0.15, 0.2) is 28.4 Å². The van der Waals surface area contributed by atoms with Crippen LogP contribution in [0.1, 0.15) is 33.6 Å². The Morgan fingerprint density at radius 3 is 2.56 bits per heavy atom. The molecular formula is C12H18ClNO2. The van der Waals surface area contributed by atoms with Crippen LogP contribution in [0.3, 0.4) is 0 Å². The molecule has 0 radical (unpaired) electrons. The van der Waals surface area contributed by atoms with Crippen molar-refractivity contribution in [1.82, 2.24) is 0 Å². The number of ether oxygens (including phenoxy) is 1. The summed E-state index contributed by atoms with van der Waals surface area (Å²) in [5.41, 5.74) is 1.28. The molecule has 0 saturated heterocycles. The lowest BCUT2D eigenvalue weighted by molar-refractivity contribution is -0.136. The quantitative estimate of drug-likeness (QED) is 0.421. The first-order valence-corrected chi connectivity index (χ1v) is 5.56. The van der Waals surface area contributed by atoms with Gasteiger partial charge in [-0.3, -0.25) is 0 Å². The molecule has 0 spiro atoms. The first-order chi connectivity index (χ1) is 7.51. The lowest BCUT2D eigenvalue weighted by atomic mass is 10.3. The van der Waals surface area contributed by atoms with Crippen LogP contribution in [-0.4, -0.2) is 18.2 Å². The van der Waals surface area contributed by atoms with E-state index in [1.807, 2.05) is 13.0 Å². The Bertz CT molecular complexity index is 330. The highest BCUT2D eigenvalue weighted by Gasteiger charge is 2.03. The van der Waals surface area contributed by atoms with E-state index in [9.17, 15) is 4.79 Å². The van der Waals surface area contributed by atoms with Gasteiger partial charge in [0.2, 0.25) is 0 Å². The summed E-state index contributed by atoms with van der Waals surface area (Å²) in [6, 6.07) is 0. The maximum atomic E-state index is 11.1. The van der Waals surface area contributed by atoms with Gasteiger partial charge in [-0.2, -0.15) is 0 Å². The van der Waals surface area contributed by atoms with Gasteiger partial charge < -0.3 is 4.74 Å². The number of carbonyl (C=O) groups excluding carboxylic acids is 1. The monoisotopic (exact) mass is 243 g/mol. The van der Waals surface area contributed by atoms with E-state index in [0.717, 1.165) is 18.5 Å². The van der Waals surface area contributed by atoms with Crippen molar-refractivity contribution < 1.29 is 9.53 Å². The number of aliphatic imine (C=N–C) groups is 1. The van der Waals surface area contributed by atoms with Gasteiger partial charge in [0.05, 0.1) is 7.11 Å². The number of halogens is 1. The van der Waals surface area contributed by atoms with E-state index in [4.69, 9.17) is 11.6 Å². The van der Waals surface area contributed by atoms with Crippen molar-refractivity contribution >= 4 is 22.7 Å². The molecule has 16 heavy (non-hydrogen) atoms. The molecule has 0 aliphatic rings. The smallest absolute Gasteiger partial charge is 0.333 e. The van der Waals surface area contributed by atoms with Crippen molar-refractivity contribution in [3.63, 3.8) is 0 Å². The molecule has 0 fully saturated rings. The predicted molar refractivity (Wildman–Crippen MR) is 67.7 cm³/mol. The second-order valence-electron chi connectivity index (χ2n) is 3.39. The Hall–Kier alpha value is -1.09. The Morgan fingerprint density at radius 1 is 1.44 bits per heavy atom. The highest BCUT2D eigenvalue weighted by Crippen LogP contribution is 2.05. The zero-order chi connectivity index (χ0) is 12.6. The molecule has 0 aromatic carbocycles. The Balaban J connectivity index is 4.61. The van der Waals surface area contributed by atoms with E-state index in [2.05, 4.69) is 16.7 Å². The molecule has 4 heteroatoms. The summed E-state index contributed by atoms with van der Waals surface area (Å²) in [6.07, 6.45) is 5.54. The molecule has 0 aromatic heterocycles. The third kappa shape index (κ3) is 6.40. The topological polar surface area (TPSA) is 38.7 Å². The highest BCUT2D eigenvalue weighted by molar-refractivity contribution is 6.68. The molecule has 0 heterocycles. The maximum absolute atomic E-state index is 11.1. The predicted octanol–water partition coefficient (Wildman–Crippen LogP) is 3.45. The van der Waals surface area contributed by atoms with E-state index in [0.29, 0.717) is 5.57 Å². The molecule has 0 amide bonds. The van der Waals surface area contributed by atoms with Gasteiger partial charge in [0.1, 0.15) is 5.17 Å². The van der Waals surface area contributed by atoms with Gasteiger partial charge in [-0.15, -0.1) is 0 Å². The number of hydrogen-bond donors (Lipinski definition) is 0. The maximum Gasteiger partial charge on any atom is 0.333 e. The fourth-order valence-electron chi connectivity index (χ4n) is 0.998. The Kier molecular flexibility index (Phi) is 7.56. The summed E-state index contributed by atoms with van der Waals surface area (Å²) in [5.74, 6) is -0.399. The van der Waals surface area contributed by atoms with E-state index < -0.39 is 5.97 Å². The van der Waals surface area contributed by atoms with Crippen molar-refractivity contribution in [2.45, 2.75) is 33.6 Å². The number of esters is 1. The van der Waals surface area contributed by atoms with Gasteiger partial charge in [-0.1, -0.05) is 31.0 Å². The van der Waals surface area contributed by atoms with Crippen molar-refractivity contribution in [1.29, 1.82) is 0 Å². The summed E-state index contributed by atoms with van der Waals surface area (Å²) in [5, 5.41) is 0.285. The van der Waals surface area contributed by atoms with E-state index in [-0.39, 0.29) is 5.17 Å². The van der Waals surface area contributed by atoms with Crippen LogP contribution in [0.2, 0.25) is 0 Å². The van der Waals surface area contributed by atoms with Crippen LogP contribution in [0.4, 0.5) is 0 Å². The minimum atomic E-state index is -0.399. The summed E-state index contributed by atoms with van der Waals surface area (Å²) >= 11 is 5.88. The highest BCUT2D eigenvalue weighted by atomic mass is 35.5. The first kappa shape index (κ1) is 14.9. The number of nitrogens with zero attached hydrogens (tertiary/aromatic N) is 1. The third-order valence-corrected chi connectivity index (χ3v) is 2.05. The Labute approximate surface area is 102 Å². The summed E-state index contributed by atoms with van der Waals surface area (Å²) in [6.45, 7) is 5.60. The van der Waals surface area contributed by atoms with Crippen LogP contribution in [0.5, 0.6) is 0 Å². The molecule has 0 N–H and O–H groups in total. The van der Waals surface area contributed by atoms with Crippen LogP contribution in [-0.2, 0) is 9.53 Å². The lowest BCUT2D eigenvalue weighted by Crippen LogP contribution is -2.02. The third-order valence-electron chi connectivity index (χ3n) is 1.85. The van der Waals surface area contributed by atoms with Crippen LogP contribution < -0.4 is 0 Å². The summed E-state index contributed by atoms with van der Waals surface area (Å²) in [4.78, 5) is 15.2. The fraction of sp³-hybridized carbons (Fsp3) is 0.500. The number of unbranched alkanes of at least 4 members (excludes halogenated alkanes) is 1. The average Bonchev–Trinajstić information content (AvgIpc) is 2.24. The molecule has 0 rings (SSSR count). The van der Waals surface area contributed by atoms with Gasteiger partial charge in [-0.25, -0.2) is 9.79 Å². The van der Waals surface area contributed by atoms with Crippen LogP contribution in [0, 0.1) is 0 Å². The van der Waals surface area contributed by atoms with Gasteiger partial charge in [0.15, 0.2) is 0 Å². The van der Waals surface area contributed by atoms with E-state index in [1.54, 1.807) is 6.92 Å². The average molecular weight is 244 g/mol. The Morgan fingerprint density at radius 2 is 2.06 bits per heavy atom. The van der Waals surface area contributed by atoms with Gasteiger partial charge in [-0.05, 0) is 26.3 Å². The van der Waals surface area contributed by atoms with Crippen molar-refractivity contribution in [3.8, 4) is 0 Å².